The van der Waals surface area contributed by atoms with Crippen LogP contribution in [-0.4, -0.2) is 5.78 Å². The lowest BCUT2D eigenvalue weighted by Crippen LogP contribution is -2.29. The van der Waals surface area contributed by atoms with E-state index < -0.39 is 0 Å². The Kier molecular flexibility index (Phi) is 1.85. The first kappa shape index (κ1) is 8.76. The molecule has 0 amide bonds. The smallest absolute Gasteiger partial charge is 0.144 e. The largest absolute Gasteiger partial charge is 0.298 e. The molecule has 0 radical (unpaired) electrons. The fraction of sp³-hybridized carbons (Fsp3) is 0.900. The summed E-state index contributed by atoms with van der Waals surface area (Å²) in [6, 6.07) is 0. The van der Waals surface area contributed by atoms with E-state index in [0.717, 1.165) is 19.3 Å². The molecule has 1 fully saturated rings. The van der Waals surface area contributed by atoms with Crippen LogP contribution >= 0.6 is 0 Å². The van der Waals surface area contributed by atoms with Gasteiger partial charge in [0.25, 0.3) is 0 Å². The van der Waals surface area contributed by atoms with Gasteiger partial charge in [-0.2, -0.15) is 0 Å². The third-order valence-corrected chi connectivity index (χ3v) is 3.05. The van der Waals surface area contributed by atoms with Gasteiger partial charge in [0.05, 0.1) is 0 Å². The molecule has 0 aliphatic heterocycles. The van der Waals surface area contributed by atoms with E-state index in [1.807, 2.05) is 0 Å². The molecule has 0 atom stereocenters. The molecule has 0 aromatic rings. The van der Waals surface area contributed by atoms with Crippen LogP contribution in [0.1, 0.15) is 47.0 Å². The molecule has 0 aromatic heterocycles. The van der Waals surface area contributed by atoms with Crippen molar-refractivity contribution in [1.29, 1.82) is 0 Å². The Morgan fingerprint density at radius 2 is 1.91 bits per heavy atom. The molecule has 0 bridgehead atoms. The lowest BCUT2D eigenvalue weighted by Gasteiger charge is -2.24. The number of ketones is 1. The first-order chi connectivity index (χ1) is 4.92. The summed E-state index contributed by atoms with van der Waals surface area (Å²) in [7, 11) is 0. The highest BCUT2D eigenvalue weighted by Crippen LogP contribution is 2.50. The normalized spacial score (nSPS) is 21.5. The van der Waals surface area contributed by atoms with Crippen LogP contribution in [0.25, 0.3) is 0 Å². The molecule has 11 heavy (non-hydrogen) atoms. The fourth-order valence-corrected chi connectivity index (χ4v) is 1.39. The zero-order chi connectivity index (χ0) is 8.70. The van der Waals surface area contributed by atoms with Crippen LogP contribution in [0.15, 0.2) is 0 Å². The van der Waals surface area contributed by atoms with Gasteiger partial charge in [-0.1, -0.05) is 27.7 Å². The summed E-state index contributed by atoms with van der Waals surface area (Å²) in [5.41, 5.74) is -0.0369. The van der Waals surface area contributed by atoms with Crippen molar-refractivity contribution in [3.05, 3.63) is 0 Å². The number of carbonyl (C=O) groups is 1. The summed E-state index contributed by atoms with van der Waals surface area (Å²) in [6.07, 6.45) is 3.17. The van der Waals surface area contributed by atoms with E-state index >= 15 is 0 Å². The van der Waals surface area contributed by atoms with Gasteiger partial charge in [0.1, 0.15) is 5.78 Å². The van der Waals surface area contributed by atoms with E-state index in [4.69, 9.17) is 0 Å². The molecule has 1 heteroatoms. The van der Waals surface area contributed by atoms with E-state index in [1.54, 1.807) is 0 Å². The lowest BCUT2D eigenvalue weighted by molar-refractivity contribution is -0.132. The van der Waals surface area contributed by atoms with Gasteiger partial charge in [-0.3, -0.25) is 4.79 Å². The summed E-state index contributed by atoms with van der Waals surface area (Å²) in [4.78, 5) is 11.8. The topological polar surface area (TPSA) is 17.1 Å². The molecule has 0 heterocycles. The van der Waals surface area contributed by atoms with Crippen molar-refractivity contribution in [1.82, 2.24) is 0 Å². The number of hydrogen-bond acceptors (Lipinski definition) is 1. The van der Waals surface area contributed by atoms with Gasteiger partial charge < -0.3 is 0 Å². The van der Waals surface area contributed by atoms with Crippen molar-refractivity contribution in [3.8, 4) is 0 Å². The van der Waals surface area contributed by atoms with Gasteiger partial charge >= 0.3 is 0 Å². The predicted octanol–water partition coefficient (Wildman–Crippen LogP) is 2.79. The van der Waals surface area contributed by atoms with E-state index in [0.29, 0.717) is 5.78 Å². The van der Waals surface area contributed by atoms with E-state index in [9.17, 15) is 4.79 Å². The van der Waals surface area contributed by atoms with Crippen LogP contribution in [0.5, 0.6) is 0 Å². The molecule has 1 aliphatic carbocycles. The summed E-state index contributed by atoms with van der Waals surface area (Å²) < 4.78 is 0. The SMILES string of the molecule is CCC(C)(C)C(=O)C1(C)CC1. The highest BCUT2D eigenvalue weighted by molar-refractivity contribution is 5.91. The minimum absolute atomic E-state index is 0.0551. The zero-order valence-electron chi connectivity index (χ0n) is 8.03. The second-order valence-corrected chi connectivity index (χ2v) is 4.63. The molecule has 0 unspecified atom stereocenters. The van der Waals surface area contributed by atoms with Crippen LogP contribution in [0.3, 0.4) is 0 Å². The number of rotatable bonds is 3. The molecule has 0 saturated heterocycles. The van der Waals surface area contributed by atoms with Crippen LogP contribution < -0.4 is 0 Å². The zero-order valence-corrected chi connectivity index (χ0v) is 8.03. The highest BCUT2D eigenvalue weighted by Gasteiger charge is 2.49. The molecule has 64 valence electrons. The quantitative estimate of drug-likeness (QED) is 0.611. The first-order valence-corrected chi connectivity index (χ1v) is 4.47. The maximum atomic E-state index is 11.8. The average molecular weight is 154 g/mol. The summed E-state index contributed by atoms with van der Waals surface area (Å²) in [6.45, 7) is 8.29. The van der Waals surface area contributed by atoms with Crippen LogP contribution in [0.4, 0.5) is 0 Å². The molecule has 1 saturated carbocycles. The Labute approximate surface area is 69.2 Å². The molecule has 0 spiro atoms. The van der Waals surface area contributed by atoms with Crippen molar-refractivity contribution in [2.45, 2.75) is 47.0 Å². The number of hydrogen-bond donors (Lipinski definition) is 0. The van der Waals surface area contributed by atoms with Gasteiger partial charge in [0.2, 0.25) is 0 Å². The van der Waals surface area contributed by atoms with E-state index in [1.165, 1.54) is 0 Å². The first-order valence-electron chi connectivity index (χ1n) is 4.47. The standard InChI is InChI=1S/C10H18O/c1-5-9(2,3)8(11)10(4)6-7-10/h5-7H2,1-4H3. The summed E-state index contributed by atoms with van der Waals surface area (Å²) in [5, 5.41) is 0. The van der Waals surface area contributed by atoms with Gasteiger partial charge in [-0.15, -0.1) is 0 Å². The third kappa shape index (κ3) is 1.47. The van der Waals surface area contributed by atoms with Gasteiger partial charge in [0.15, 0.2) is 0 Å². The van der Waals surface area contributed by atoms with Crippen molar-refractivity contribution in [3.63, 3.8) is 0 Å². The van der Waals surface area contributed by atoms with E-state index in [2.05, 4.69) is 27.7 Å². The fourth-order valence-electron chi connectivity index (χ4n) is 1.39. The molecular formula is C10H18O. The second-order valence-electron chi connectivity index (χ2n) is 4.63. The minimum atomic E-state index is -0.0920. The van der Waals surface area contributed by atoms with E-state index in [-0.39, 0.29) is 10.8 Å². The molecule has 0 N–H and O–H groups in total. The van der Waals surface area contributed by atoms with Crippen molar-refractivity contribution in [2.75, 3.05) is 0 Å². The Morgan fingerprint density at radius 3 is 2.18 bits per heavy atom. The van der Waals surface area contributed by atoms with Gasteiger partial charge in [0, 0.05) is 10.8 Å². The van der Waals surface area contributed by atoms with Crippen molar-refractivity contribution < 1.29 is 4.79 Å². The molecule has 1 aliphatic rings. The Morgan fingerprint density at radius 1 is 1.45 bits per heavy atom. The number of Topliss-reactive ketones (excluding diaryl/α,β-unsaturated/α-hetero) is 1. The maximum Gasteiger partial charge on any atom is 0.144 e. The molecular weight excluding hydrogens is 136 g/mol. The molecule has 1 rings (SSSR count). The van der Waals surface area contributed by atoms with Crippen LogP contribution in [0.2, 0.25) is 0 Å². The average Bonchev–Trinajstić information content (AvgIpc) is 2.68. The monoisotopic (exact) mass is 154 g/mol. The van der Waals surface area contributed by atoms with Crippen LogP contribution in [-0.2, 0) is 4.79 Å². The van der Waals surface area contributed by atoms with Crippen molar-refractivity contribution >= 4 is 5.78 Å². The predicted molar refractivity (Wildman–Crippen MR) is 46.4 cm³/mol. The lowest BCUT2D eigenvalue weighted by atomic mass is 9.78. The summed E-state index contributed by atoms with van der Waals surface area (Å²) >= 11 is 0. The van der Waals surface area contributed by atoms with Gasteiger partial charge in [-0.05, 0) is 19.3 Å². The summed E-state index contributed by atoms with van der Waals surface area (Å²) in [5.74, 6) is 0.465. The highest BCUT2D eigenvalue weighted by atomic mass is 16.1. The van der Waals surface area contributed by atoms with Crippen molar-refractivity contribution in [2.24, 2.45) is 10.8 Å². The Hall–Kier alpha value is -0.330. The van der Waals surface area contributed by atoms with Gasteiger partial charge in [-0.25, -0.2) is 0 Å². The Bertz CT molecular complexity index is 175. The minimum Gasteiger partial charge on any atom is -0.298 e. The van der Waals surface area contributed by atoms with Crippen LogP contribution in [0, 0.1) is 10.8 Å². The second kappa shape index (κ2) is 2.33. The molecule has 1 nitrogen and oxygen atoms in total. The molecule has 0 aromatic carbocycles. The third-order valence-electron chi connectivity index (χ3n) is 3.05. The maximum absolute atomic E-state index is 11.8. The Balaban J connectivity index is 2.67. The number of carbonyl (C=O) groups excluding carboxylic acids is 1.